The number of hydrogen-bond acceptors (Lipinski definition) is 2. The molecule has 304 valence electrons. The van der Waals surface area contributed by atoms with Gasteiger partial charge in [-0.2, -0.15) is 0 Å². The van der Waals surface area contributed by atoms with Gasteiger partial charge in [0, 0.05) is 0 Å². The van der Waals surface area contributed by atoms with Crippen LogP contribution in [0, 0.1) is 0 Å². The monoisotopic (exact) mass is 992 g/mol. The van der Waals surface area contributed by atoms with E-state index in [-0.39, 0.29) is 0 Å². The van der Waals surface area contributed by atoms with Crippen molar-refractivity contribution in [2.75, 3.05) is 0 Å². The topological polar surface area (TPSA) is 18.5 Å². The Kier molecular flexibility index (Phi) is 11.6. The second-order valence-corrected chi connectivity index (χ2v) is 96.9. The third-order valence-electron chi connectivity index (χ3n) is 13.6. The first-order valence-corrected chi connectivity index (χ1v) is 59.1. The van der Waals surface area contributed by atoms with E-state index >= 15 is 0 Å². The summed E-state index contributed by atoms with van der Waals surface area (Å²) in [7, 11) is -13.5. The van der Waals surface area contributed by atoms with Crippen molar-refractivity contribution in [2.45, 2.75) is 183 Å². The summed E-state index contributed by atoms with van der Waals surface area (Å²) in [6.07, 6.45) is 5.91. The summed E-state index contributed by atoms with van der Waals surface area (Å²) < 4.78 is 21.5. The molecule has 0 fully saturated rings. The summed E-state index contributed by atoms with van der Waals surface area (Å²) in [6, 6.07) is 9.54. The van der Waals surface area contributed by atoms with Crippen molar-refractivity contribution in [3.8, 4) is 11.5 Å². The first kappa shape index (κ1) is 45.9. The second kappa shape index (κ2) is 13.7. The molecule has 0 amide bonds. The van der Waals surface area contributed by atoms with Gasteiger partial charge in [-0.25, -0.2) is 0 Å². The molecule has 2 heterocycles. The maximum absolute atomic E-state index is 8.63. The van der Waals surface area contributed by atoms with Gasteiger partial charge >= 0.3 is 352 Å². The molecule has 0 spiro atoms. The van der Waals surface area contributed by atoms with E-state index < -0.39 is 91.8 Å². The number of hydrogen-bond donors (Lipinski definition) is 0. The van der Waals surface area contributed by atoms with Crippen LogP contribution in [0.15, 0.2) is 36.4 Å². The van der Waals surface area contributed by atoms with E-state index in [9.17, 15) is 0 Å². The zero-order chi connectivity index (χ0) is 41.6. The first-order chi connectivity index (χ1) is 23.9. The van der Waals surface area contributed by atoms with Gasteiger partial charge in [0.2, 0.25) is 0 Å². The van der Waals surface area contributed by atoms with Crippen molar-refractivity contribution < 1.29 is 7.53 Å². The molecule has 2 unspecified atom stereocenters. The fourth-order valence-electron chi connectivity index (χ4n) is 15.8. The molecule has 3 aliphatic rings. The molecule has 0 N–H and O–H groups in total. The van der Waals surface area contributed by atoms with Gasteiger partial charge in [-0.3, -0.25) is 0 Å². The predicted molar refractivity (Wildman–Crippen MR) is 273 cm³/mol. The molecule has 2 aliphatic heterocycles. The Bertz CT molecular complexity index is 1550. The van der Waals surface area contributed by atoms with Crippen LogP contribution in [0.25, 0.3) is 10.8 Å². The van der Waals surface area contributed by atoms with Crippen molar-refractivity contribution in [1.82, 2.24) is 0 Å². The van der Waals surface area contributed by atoms with E-state index in [1.807, 2.05) is 0 Å². The van der Waals surface area contributed by atoms with Crippen molar-refractivity contribution in [2.24, 2.45) is 0 Å². The van der Waals surface area contributed by atoms with Crippen LogP contribution >= 0.6 is 0 Å². The van der Waals surface area contributed by atoms with Crippen LogP contribution in [0.2, 0.25) is 173 Å². The van der Waals surface area contributed by atoms with Gasteiger partial charge in [0.25, 0.3) is 0 Å². The predicted octanol–water partition coefficient (Wildman–Crippen LogP) is 14.8. The Labute approximate surface area is 348 Å². The number of allylic oxidation sites excluding steroid dienone is 2. The molecule has 2 aromatic rings. The Balaban J connectivity index is 2.06. The Morgan fingerprint density at radius 2 is 0.574 bits per heavy atom. The van der Waals surface area contributed by atoms with E-state index in [0.717, 1.165) is 16.0 Å². The number of fused-ring (bicyclic) bond motifs is 3. The summed E-state index contributed by atoms with van der Waals surface area (Å²) >= 11 is -6.81. The van der Waals surface area contributed by atoms with Crippen molar-refractivity contribution in [1.29, 1.82) is 0 Å². The summed E-state index contributed by atoms with van der Waals surface area (Å²) in [5.74, 6) is 2.73. The summed E-state index contributed by atoms with van der Waals surface area (Å²) in [6.45, 7) is 66.0. The SMILES string of the molecule is C[Si](C)(C)[CH]([Si](C)(C)C)[Ge]1([CH]([Si](C)(C)C)[Si](C)(C)C)[O]c2c3c4c(c5ccccc25)[O][Ge]([CH]([Si](C)(C)C)[Si](C)(C)C)([CH]([Si](C)(C)C)[Si](C)(C)C)[CH]4C=C[CH]31. The molecule has 54 heavy (non-hydrogen) atoms. The van der Waals surface area contributed by atoms with Crippen molar-refractivity contribution in [3.63, 3.8) is 0 Å². The molecule has 0 saturated heterocycles. The molecule has 1 aliphatic carbocycles. The zero-order valence-electron chi connectivity index (χ0n) is 39.7. The van der Waals surface area contributed by atoms with Gasteiger partial charge in [-0.15, -0.1) is 0 Å². The minimum absolute atomic E-state index is 0.484. The van der Waals surface area contributed by atoms with E-state index in [0.29, 0.717) is 9.50 Å². The molecule has 2 aromatic carbocycles. The molecule has 0 aromatic heterocycles. The Morgan fingerprint density at radius 3 is 0.759 bits per heavy atom. The third-order valence-corrected chi connectivity index (χ3v) is 127. The average Bonchev–Trinajstić information content (AvgIpc) is 3.35. The fraction of sp³-hybridized carbons (Fsp3) is 0.714. The minimum atomic E-state index is -3.40. The summed E-state index contributed by atoms with van der Waals surface area (Å²) in [5.41, 5.74) is 3.39. The summed E-state index contributed by atoms with van der Waals surface area (Å²) in [5, 5.41) is 2.78. The normalized spacial score (nSPS) is 21.8. The van der Waals surface area contributed by atoms with Crippen LogP contribution in [-0.4, -0.2) is 91.8 Å². The molecule has 0 bridgehead atoms. The van der Waals surface area contributed by atoms with Gasteiger partial charge in [0.15, 0.2) is 0 Å². The number of benzene rings is 2. The van der Waals surface area contributed by atoms with Gasteiger partial charge in [0.05, 0.1) is 0 Å². The van der Waals surface area contributed by atoms with Crippen LogP contribution < -0.4 is 7.53 Å². The van der Waals surface area contributed by atoms with E-state index in [1.165, 1.54) is 22.3 Å². The second-order valence-electron chi connectivity index (χ2n) is 26.9. The van der Waals surface area contributed by atoms with Crippen molar-refractivity contribution >= 4 is 103 Å². The van der Waals surface area contributed by atoms with Crippen LogP contribution in [0.5, 0.6) is 11.5 Å². The molecular formula is C42H84Ge2O2Si8. The van der Waals surface area contributed by atoms with Crippen molar-refractivity contribution in [3.05, 3.63) is 47.5 Å². The van der Waals surface area contributed by atoms with Gasteiger partial charge in [-0.05, 0) is 0 Å². The van der Waals surface area contributed by atoms with E-state index in [2.05, 4.69) is 194 Å². The molecule has 0 saturated carbocycles. The van der Waals surface area contributed by atoms with Gasteiger partial charge in [0.1, 0.15) is 0 Å². The van der Waals surface area contributed by atoms with Crippen LogP contribution in [0.3, 0.4) is 0 Å². The molecule has 0 radical (unpaired) electrons. The average molecular weight is 991 g/mol. The quantitative estimate of drug-likeness (QED) is 0.156. The summed E-state index contributed by atoms with van der Waals surface area (Å²) in [4.78, 5) is 0. The first-order valence-electron chi connectivity index (χ1n) is 21.5. The Hall–Kier alpha value is 0.861. The van der Waals surface area contributed by atoms with Crippen LogP contribution in [0.4, 0.5) is 0 Å². The van der Waals surface area contributed by atoms with Crippen LogP contribution in [0.1, 0.15) is 20.6 Å². The molecule has 12 heteroatoms. The van der Waals surface area contributed by atoms with Gasteiger partial charge < -0.3 is 0 Å². The standard InChI is InChI=1S/C42H84Ge2O2Si8/c1-47(2,3)39(48(4,5)6)43(40(49(7,8)9)50(10,11)12)33-29-30-34-36-35(33)37(45-43)31-27-25-26-28-32(31)38(36)46-44(34,41(51(13,14)15)52(16,17)18)42(53(19,20)21)54(22,23)24/h25-30,33-34,39-42H,1-24H3. The van der Waals surface area contributed by atoms with E-state index in [1.54, 1.807) is 11.1 Å². The third kappa shape index (κ3) is 7.37. The van der Waals surface area contributed by atoms with Crippen LogP contribution in [-0.2, 0) is 0 Å². The number of rotatable bonds is 12. The Morgan fingerprint density at radius 1 is 0.370 bits per heavy atom. The zero-order valence-corrected chi connectivity index (χ0v) is 51.9. The maximum atomic E-state index is 8.63. The van der Waals surface area contributed by atoms with Gasteiger partial charge in [-0.1, -0.05) is 0 Å². The fourth-order valence-corrected chi connectivity index (χ4v) is 173. The molecular weight excluding hydrogens is 906 g/mol. The molecule has 2 nitrogen and oxygen atoms in total. The molecule has 2 atom stereocenters. The molecule has 5 rings (SSSR count). The van der Waals surface area contributed by atoms with E-state index in [4.69, 9.17) is 7.53 Å².